The summed E-state index contributed by atoms with van der Waals surface area (Å²) in [7, 11) is 0. The van der Waals surface area contributed by atoms with Gasteiger partial charge in [0.05, 0.1) is 0 Å². The second kappa shape index (κ2) is 4.66. The topological polar surface area (TPSA) is 36.1 Å². The summed E-state index contributed by atoms with van der Waals surface area (Å²) in [5.41, 5.74) is 0. The van der Waals surface area contributed by atoms with Crippen molar-refractivity contribution in [3.8, 4) is 0 Å². The normalized spacial score (nSPS) is 20.1. The molecule has 0 spiro atoms. The summed E-state index contributed by atoms with van der Waals surface area (Å²) in [4.78, 5) is 0. The van der Waals surface area contributed by atoms with Gasteiger partial charge in [-0.15, -0.1) is 0 Å². The summed E-state index contributed by atoms with van der Waals surface area (Å²) in [6.07, 6.45) is 3.60. The van der Waals surface area contributed by atoms with Gasteiger partial charge in [-0.25, -0.2) is 0 Å². The van der Waals surface area contributed by atoms with Crippen molar-refractivity contribution in [2.45, 2.75) is 19.8 Å². The van der Waals surface area contributed by atoms with Crippen LogP contribution in [0.2, 0.25) is 0 Å². The van der Waals surface area contributed by atoms with Crippen molar-refractivity contribution in [1.29, 1.82) is 0 Å². The van der Waals surface area contributed by atoms with Gasteiger partial charge in [-0.1, -0.05) is 13.3 Å². The van der Waals surface area contributed by atoms with Crippen molar-refractivity contribution in [2.75, 3.05) is 19.6 Å². The van der Waals surface area contributed by atoms with E-state index in [1.807, 2.05) is 0 Å². The van der Waals surface area contributed by atoms with Crippen LogP contribution in [0.15, 0.2) is 0 Å². The van der Waals surface area contributed by atoms with Gasteiger partial charge in [0.2, 0.25) is 0 Å². The molecule has 1 saturated heterocycles. The van der Waals surface area contributed by atoms with Gasteiger partial charge >= 0.3 is 0 Å². The minimum absolute atomic E-state index is 1.05. The van der Waals surface area contributed by atoms with Crippen LogP contribution in [-0.4, -0.2) is 19.6 Å². The maximum absolute atomic E-state index is 3.28. The first-order valence-corrected chi connectivity index (χ1v) is 4.02. The Labute approximate surface area is 62.6 Å². The summed E-state index contributed by atoms with van der Waals surface area (Å²) in [5.74, 6) is 0. The van der Waals surface area contributed by atoms with E-state index in [0.29, 0.717) is 0 Å². The average molecular weight is 142 g/mol. The fourth-order valence-corrected chi connectivity index (χ4v) is 0.953. The largest absolute Gasteiger partial charge is 0.283 e. The van der Waals surface area contributed by atoms with Gasteiger partial charge in [-0.2, -0.15) is 0 Å². The molecule has 1 rings (SSSR count). The van der Waals surface area contributed by atoms with E-state index in [9.17, 15) is 0 Å². The van der Waals surface area contributed by atoms with Crippen LogP contribution in [-0.2, 0) is 0 Å². The predicted molar refractivity (Wildman–Crippen MR) is 42.2 cm³/mol. The van der Waals surface area contributed by atoms with E-state index in [1.54, 1.807) is 0 Å². The van der Waals surface area contributed by atoms with Gasteiger partial charge < -0.3 is 0 Å². The highest BCUT2D eigenvalue weighted by Crippen LogP contribution is 1.90. The van der Waals surface area contributed by atoms with E-state index in [4.69, 9.17) is 0 Å². The maximum atomic E-state index is 3.28. The van der Waals surface area contributed by atoms with Crippen molar-refractivity contribution in [2.24, 2.45) is 0 Å². The molecule has 0 aliphatic carbocycles. The quantitative estimate of drug-likeness (QED) is 0.484. The summed E-state index contributed by atoms with van der Waals surface area (Å²) < 4.78 is 0. The molecule has 1 fully saturated rings. The molecule has 1 aliphatic rings. The Balaban J connectivity index is 1.91. The standard InChI is InChI=1S/C7H16N3/c1-2-3-4-8-7-9-5-6-10-7/h8-10H,2-6H2,1H3. The highest BCUT2D eigenvalue weighted by molar-refractivity contribution is 4.86. The molecule has 0 unspecified atom stereocenters. The molecule has 0 amide bonds. The van der Waals surface area contributed by atoms with Crippen molar-refractivity contribution >= 4 is 0 Å². The summed E-state index contributed by atoms with van der Waals surface area (Å²) in [6, 6.07) is 0. The van der Waals surface area contributed by atoms with Crippen LogP contribution in [0.1, 0.15) is 19.8 Å². The predicted octanol–water partition coefficient (Wildman–Crippen LogP) is 0.0159. The highest BCUT2D eigenvalue weighted by atomic mass is 15.3. The minimum atomic E-state index is 1.05. The molecule has 10 heavy (non-hydrogen) atoms. The molecular weight excluding hydrogens is 126 g/mol. The lowest BCUT2D eigenvalue weighted by Crippen LogP contribution is -2.36. The molecular formula is C7H16N3. The van der Waals surface area contributed by atoms with Crippen LogP contribution in [0.25, 0.3) is 0 Å². The molecule has 0 aromatic heterocycles. The van der Waals surface area contributed by atoms with E-state index in [0.717, 1.165) is 25.9 Å². The Bertz CT molecular complexity index is 78.9. The molecule has 1 heterocycles. The first-order chi connectivity index (χ1) is 4.93. The fourth-order valence-electron chi connectivity index (χ4n) is 0.953. The number of unbranched alkanes of at least 4 members (excludes halogenated alkanes) is 1. The van der Waals surface area contributed by atoms with Crippen LogP contribution in [0.3, 0.4) is 0 Å². The molecule has 0 atom stereocenters. The number of rotatable bonds is 4. The van der Waals surface area contributed by atoms with Crippen molar-refractivity contribution < 1.29 is 0 Å². The first-order valence-electron chi connectivity index (χ1n) is 4.02. The summed E-state index contributed by atoms with van der Waals surface area (Å²) in [5, 5.41) is 9.70. The van der Waals surface area contributed by atoms with Crippen LogP contribution < -0.4 is 16.0 Å². The van der Waals surface area contributed by atoms with Gasteiger partial charge in [0.15, 0.2) is 6.29 Å². The highest BCUT2D eigenvalue weighted by Gasteiger charge is 2.11. The molecule has 3 N–H and O–H groups in total. The van der Waals surface area contributed by atoms with Crippen molar-refractivity contribution in [3.63, 3.8) is 0 Å². The summed E-state index contributed by atoms with van der Waals surface area (Å²) in [6.45, 7) is 5.37. The third-order valence-electron chi connectivity index (χ3n) is 1.56. The van der Waals surface area contributed by atoms with E-state index in [-0.39, 0.29) is 0 Å². The number of hydrogen-bond donors (Lipinski definition) is 3. The van der Waals surface area contributed by atoms with Gasteiger partial charge in [-0.3, -0.25) is 16.0 Å². The number of hydrogen-bond acceptors (Lipinski definition) is 3. The van der Waals surface area contributed by atoms with Crippen LogP contribution in [0.5, 0.6) is 0 Å². The van der Waals surface area contributed by atoms with Gasteiger partial charge in [0.25, 0.3) is 0 Å². The van der Waals surface area contributed by atoms with Gasteiger partial charge in [0, 0.05) is 13.1 Å². The Morgan fingerprint density at radius 3 is 2.70 bits per heavy atom. The molecule has 0 aromatic rings. The van der Waals surface area contributed by atoms with Crippen LogP contribution >= 0.6 is 0 Å². The SMILES string of the molecule is CCCCN[C]1NCCN1. The van der Waals surface area contributed by atoms with E-state index < -0.39 is 0 Å². The fraction of sp³-hybridized carbons (Fsp3) is 0.857. The van der Waals surface area contributed by atoms with E-state index in [1.165, 1.54) is 12.8 Å². The Hall–Kier alpha value is -0.120. The lowest BCUT2D eigenvalue weighted by Gasteiger charge is -2.09. The second-order valence-electron chi connectivity index (χ2n) is 2.51. The zero-order valence-electron chi connectivity index (χ0n) is 6.54. The lowest BCUT2D eigenvalue weighted by molar-refractivity contribution is 0.566. The average Bonchev–Trinajstić information content (AvgIpc) is 2.41. The zero-order chi connectivity index (χ0) is 7.23. The lowest BCUT2D eigenvalue weighted by atomic mass is 10.3. The molecule has 0 bridgehead atoms. The maximum Gasteiger partial charge on any atom is 0.170 e. The molecule has 1 radical (unpaired) electrons. The molecule has 0 saturated carbocycles. The zero-order valence-corrected chi connectivity index (χ0v) is 6.54. The number of nitrogens with one attached hydrogen (secondary N) is 3. The molecule has 3 nitrogen and oxygen atoms in total. The van der Waals surface area contributed by atoms with Crippen LogP contribution in [0, 0.1) is 6.29 Å². The van der Waals surface area contributed by atoms with E-state index >= 15 is 0 Å². The van der Waals surface area contributed by atoms with E-state index in [2.05, 4.69) is 22.9 Å². The van der Waals surface area contributed by atoms with Gasteiger partial charge in [-0.05, 0) is 13.0 Å². The Morgan fingerprint density at radius 1 is 1.40 bits per heavy atom. The second-order valence-corrected chi connectivity index (χ2v) is 2.51. The molecule has 3 heteroatoms. The molecule has 59 valence electrons. The smallest absolute Gasteiger partial charge is 0.170 e. The van der Waals surface area contributed by atoms with Crippen molar-refractivity contribution in [3.05, 3.63) is 6.29 Å². The minimum Gasteiger partial charge on any atom is -0.283 e. The Kier molecular flexibility index (Phi) is 3.72. The Morgan fingerprint density at radius 2 is 2.10 bits per heavy atom. The van der Waals surface area contributed by atoms with Crippen molar-refractivity contribution in [1.82, 2.24) is 16.0 Å². The third kappa shape index (κ3) is 2.64. The third-order valence-corrected chi connectivity index (χ3v) is 1.56. The molecule has 1 aliphatic heterocycles. The monoisotopic (exact) mass is 142 g/mol. The first kappa shape index (κ1) is 7.98. The summed E-state index contributed by atoms with van der Waals surface area (Å²) >= 11 is 0. The van der Waals surface area contributed by atoms with Gasteiger partial charge in [0.1, 0.15) is 0 Å². The molecule has 0 aromatic carbocycles. The van der Waals surface area contributed by atoms with Crippen LogP contribution in [0.4, 0.5) is 0 Å².